The number of esters is 2. The lowest BCUT2D eigenvalue weighted by molar-refractivity contribution is 0.0398. The number of nitrogens with two attached hydrogens (primary N) is 1. The average Bonchev–Trinajstić information content (AvgIpc) is 2.46. The molecule has 0 unspecified atom stereocenters. The zero-order chi connectivity index (χ0) is 16.3. The Balaban J connectivity index is 2.34. The predicted molar refractivity (Wildman–Crippen MR) is 82.0 cm³/mol. The standard InChI is InChI=1S/C16H14N2O4/c1-9-5-3-7-11(17)13(9)15(19)22-16(20)14-10(2)6-4-8-12(14)18-21/h3-8H,17H2,1-2H3. The Labute approximate surface area is 126 Å². The van der Waals surface area contributed by atoms with Crippen molar-refractivity contribution in [1.82, 2.24) is 0 Å². The minimum Gasteiger partial charge on any atom is -0.398 e. The van der Waals surface area contributed by atoms with Crippen LogP contribution in [-0.2, 0) is 4.74 Å². The normalized spacial score (nSPS) is 10.1. The Morgan fingerprint density at radius 3 is 2.09 bits per heavy atom. The first-order valence-corrected chi connectivity index (χ1v) is 6.50. The zero-order valence-electron chi connectivity index (χ0n) is 12.1. The Bertz CT molecular complexity index is 748. The number of nitrogens with zero attached hydrogens (tertiary/aromatic N) is 1. The molecule has 0 saturated carbocycles. The number of ether oxygens (including phenoxy) is 1. The number of hydrogen-bond acceptors (Lipinski definition) is 6. The van der Waals surface area contributed by atoms with Gasteiger partial charge in [0.15, 0.2) is 0 Å². The first-order valence-electron chi connectivity index (χ1n) is 6.50. The third-order valence-corrected chi connectivity index (χ3v) is 3.25. The molecule has 22 heavy (non-hydrogen) atoms. The lowest BCUT2D eigenvalue weighted by atomic mass is 10.1. The third-order valence-electron chi connectivity index (χ3n) is 3.25. The molecule has 2 aromatic rings. The number of hydrogen-bond donors (Lipinski definition) is 1. The highest BCUT2D eigenvalue weighted by Gasteiger charge is 2.22. The molecule has 2 aromatic carbocycles. The van der Waals surface area contributed by atoms with Gasteiger partial charge in [0, 0.05) is 5.69 Å². The van der Waals surface area contributed by atoms with Gasteiger partial charge in [0.1, 0.15) is 5.69 Å². The van der Waals surface area contributed by atoms with Gasteiger partial charge in [-0.3, -0.25) is 0 Å². The second-order valence-electron chi connectivity index (χ2n) is 4.78. The summed E-state index contributed by atoms with van der Waals surface area (Å²) in [5.74, 6) is -1.79. The highest BCUT2D eigenvalue weighted by molar-refractivity contribution is 6.07. The number of anilines is 1. The second kappa shape index (κ2) is 6.17. The Morgan fingerprint density at radius 1 is 0.955 bits per heavy atom. The summed E-state index contributed by atoms with van der Waals surface area (Å²) in [7, 11) is 0. The van der Waals surface area contributed by atoms with Crippen LogP contribution in [0.15, 0.2) is 41.6 Å². The van der Waals surface area contributed by atoms with Crippen molar-refractivity contribution in [1.29, 1.82) is 0 Å². The van der Waals surface area contributed by atoms with Gasteiger partial charge >= 0.3 is 11.9 Å². The first-order chi connectivity index (χ1) is 10.5. The Hall–Kier alpha value is -3.02. The van der Waals surface area contributed by atoms with E-state index >= 15 is 0 Å². The van der Waals surface area contributed by atoms with E-state index in [4.69, 9.17) is 10.5 Å². The molecule has 0 atom stereocenters. The van der Waals surface area contributed by atoms with Crippen LogP contribution in [0.3, 0.4) is 0 Å². The molecule has 0 bridgehead atoms. The van der Waals surface area contributed by atoms with Gasteiger partial charge in [-0.15, -0.1) is 4.91 Å². The molecule has 0 aliphatic carbocycles. The molecule has 2 N–H and O–H groups in total. The van der Waals surface area contributed by atoms with E-state index in [1.54, 1.807) is 44.2 Å². The van der Waals surface area contributed by atoms with Crippen LogP contribution >= 0.6 is 0 Å². The molecule has 0 aromatic heterocycles. The van der Waals surface area contributed by atoms with Crippen molar-refractivity contribution in [2.75, 3.05) is 5.73 Å². The number of aryl methyl sites for hydroxylation is 2. The quantitative estimate of drug-likeness (QED) is 0.406. The lowest BCUT2D eigenvalue weighted by Gasteiger charge is -2.10. The van der Waals surface area contributed by atoms with Gasteiger partial charge in [-0.05, 0) is 42.3 Å². The number of nitrogen functional groups attached to an aromatic ring is 1. The van der Waals surface area contributed by atoms with Gasteiger partial charge in [-0.1, -0.05) is 24.3 Å². The number of benzene rings is 2. The van der Waals surface area contributed by atoms with E-state index in [1.807, 2.05) is 0 Å². The molecular weight excluding hydrogens is 284 g/mol. The highest BCUT2D eigenvalue weighted by Crippen LogP contribution is 2.24. The SMILES string of the molecule is Cc1cccc(N)c1C(=O)OC(=O)c1c(C)cccc1N=O. The van der Waals surface area contributed by atoms with Crippen molar-refractivity contribution < 1.29 is 14.3 Å². The molecule has 2 rings (SSSR count). The average molecular weight is 298 g/mol. The largest absolute Gasteiger partial charge is 0.398 e. The molecule has 0 aliphatic rings. The number of carbonyl (C=O) groups is 2. The lowest BCUT2D eigenvalue weighted by Crippen LogP contribution is -2.16. The van der Waals surface area contributed by atoms with Crippen molar-refractivity contribution in [2.24, 2.45) is 5.18 Å². The number of rotatable bonds is 3. The fourth-order valence-electron chi connectivity index (χ4n) is 2.15. The fraction of sp³-hybridized carbons (Fsp3) is 0.125. The molecule has 6 nitrogen and oxygen atoms in total. The van der Waals surface area contributed by atoms with E-state index in [-0.39, 0.29) is 22.5 Å². The van der Waals surface area contributed by atoms with Crippen molar-refractivity contribution in [3.63, 3.8) is 0 Å². The summed E-state index contributed by atoms with van der Waals surface area (Å²) < 4.78 is 4.85. The summed E-state index contributed by atoms with van der Waals surface area (Å²) in [6.07, 6.45) is 0. The third kappa shape index (κ3) is 2.85. The van der Waals surface area contributed by atoms with Crippen LogP contribution in [-0.4, -0.2) is 11.9 Å². The van der Waals surface area contributed by atoms with Crippen LogP contribution in [0.2, 0.25) is 0 Å². The molecule has 0 heterocycles. The zero-order valence-corrected chi connectivity index (χ0v) is 12.1. The van der Waals surface area contributed by atoms with Gasteiger partial charge < -0.3 is 10.5 Å². The van der Waals surface area contributed by atoms with E-state index in [0.29, 0.717) is 11.1 Å². The minimum atomic E-state index is -0.930. The topological polar surface area (TPSA) is 98.8 Å². The second-order valence-corrected chi connectivity index (χ2v) is 4.78. The van der Waals surface area contributed by atoms with Gasteiger partial charge in [-0.2, -0.15) is 0 Å². The molecule has 0 saturated heterocycles. The molecule has 0 spiro atoms. The van der Waals surface area contributed by atoms with Crippen molar-refractivity contribution in [3.8, 4) is 0 Å². The summed E-state index contributed by atoms with van der Waals surface area (Å²) in [6, 6.07) is 9.51. The Morgan fingerprint density at radius 2 is 1.50 bits per heavy atom. The van der Waals surface area contributed by atoms with E-state index < -0.39 is 11.9 Å². The van der Waals surface area contributed by atoms with Crippen LogP contribution in [0.5, 0.6) is 0 Å². The molecule has 112 valence electrons. The maximum absolute atomic E-state index is 12.2. The predicted octanol–water partition coefficient (Wildman–Crippen LogP) is 3.28. The molecular formula is C16H14N2O4. The minimum absolute atomic E-state index is 0.0296. The smallest absolute Gasteiger partial charge is 0.348 e. The van der Waals surface area contributed by atoms with E-state index in [9.17, 15) is 14.5 Å². The highest BCUT2D eigenvalue weighted by atomic mass is 16.6. The van der Waals surface area contributed by atoms with E-state index in [2.05, 4.69) is 5.18 Å². The van der Waals surface area contributed by atoms with Gasteiger partial charge in [-0.25, -0.2) is 9.59 Å². The van der Waals surface area contributed by atoms with E-state index in [1.165, 1.54) is 6.07 Å². The Kier molecular flexibility index (Phi) is 4.31. The fourth-order valence-corrected chi connectivity index (χ4v) is 2.15. The van der Waals surface area contributed by atoms with Crippen molar-refractivity contribution in [2.45, 2.75) is 13.8 Å². The first kappa shape index (κ1) is 15.4. The monoisotopic (exact) mass is 298 g/mol. The number of carbonyl (C=O) groups excluding carboxylic acids is 2. The maximum Gasteiger partial charge on any atom is 0.348 e. The van der Waals surface area contributed by atoms with Gasteiger partial charge in [0.05, 0.1) is 11.1 Å². The molecule has 6 heteroatoms. The maximum atomic E-state index is 12.2. The summed E-state index contributed by atoms with van der Waals surface area (Å²) >= 11 is 0. The van der Waals surface area contributed by atoms with Crippen molar-refractivity contribution in [3.05, 3.63) is 63.6 Å². The summed E-state index contributed by atoms with van der Waals surface area (Å²) in [4.78, 5) is 35.1. The van der Waals surface area contributed by atoms with Crippen LogP contribution in [0.4, 0.5) is 11.4 Å². The van der Waals surface area contributed by atoms with Crippen molar-refractivity contribution >= 4 is 23.3 Å². The summed E-state index contributed by atoms with van der Waals surface area (Å²) in [6.45, 7) is 3.31. The summed E-state index contributed by atoms with van der Waals surface area (Å²) in [5, 5.41) is 2.78. The number of nitroso groups, excluding NO2 is 1. The molecule has 0 radical (unpaired) electrons. The van der Waals surface area contributed by atoms with Crippen LogP contribution < -0.4 is 5.73 Å². The van der Waals surface area contributed by atoms with Gasteiger partial charge in [0.2, 0.25) is 0 Å². The van der Waals surface area contributed by atoms with Crippen LogP contribution in [0.1, 0.15) is 31.8 Å². The summed E-state index contributed by atoms with van der Waals surface area (Å²) in [5.41, 5.74) is 7.07. The van der Waals surface area contributed by atoms with Crippen LogP contribution in [0.25, 0.3) is 0 Å². The molecule has 0 aliphatic heterocycles. The van der Waals surface area contributed by atoms with Gasteiger partial charge in [0.25, 0.3) is 0 Å². The molecule has 0 fully saturated rings. The van der Waals surface area contributed by atoms with E-state index in [0.717, 1.165) is 0 Å². The van der Waals surface area contributed by atoms with Crippen LogP contribution in [0, 0.1) is 18.8 Å². The molecule has 0 amide bonds.